The van der Waals surface area contributed by atoms with Crippen molar-refractivity contribution in [1.29, 1.82) is 0 Å². The Hall–Kier alpha value is -2.27. The fourth-order valence-electron chi connectivity index (χ4n) is 2.77. The van der Waals surface area contributed by atoms with Crippen LogP contribution in [0.1, 0.15) is 26.3 Å². The third-order valence-corrected chi connectivity index (χ3v) is 5.44. The Kier molecular flexibility index (Phi) is 9.08. The molecule has 1 atom stereocenters. The predicted molar refractivity (Wildman–Crippen MR) is 116 cm³/mol. The monoisotopic (exact) mass is 398 g/mol. The van der Waals surface area contributed by atoms with E-state index in [1.54, 1.807) is 4.90 Å². The first-order valence-corrected chi connectivity index (χ1v) is 10.7. The second-order valence-corrected chi connectivity index (χ2v) is 8.29. The van der Waals surface area contributed by atoms with Gasteiger partial charge in [0, 0.05) is 18.0 Å². The molecule has 0 aliphatic carbocycles. The van der Waals surface area contributed by atoms with Gasteiger partial charge in [-0.2, -0.15) is 0 Å². The van der Waals surface area contributed by atoms with Crippen molar-refractivity contribution in [3.63, 3.8) is 0 Å². The van der Waals surface area contributed by atoms with E-state index in [2.05, 4.69) is 19.2 Å². The summed E-state index contributed by atoms with van der Waals surface area (Å²) in [5.41, 5.74) is 1.16. The highest BCUT2D eigenvalue weighted by Gasteiger charge is 2.25. The lowest BCUT2D eigenvalue weighted by Gasteiger charge is -2.29. The number of benzene rings is 2. The van der Waals surface area contributed by atoms with Crippen LogP contribution in [0.3, 0.4) is 0 Å². The van der Waals surface area contributed by atoms with Gasteiger partial charge < -0.3 is 10.2 Å². The molecule has 0 spiro atoms. The van der Waals surface area contributed by atoms with Crippen LogP contribution >= 0.6 is 11.8 Å². The van der Waals surface area contributed by atoms with Gasteiger partial charge in [0.2, 0.25) is 11.8 Å². The van der Waals surface area contributed by atoms with Crippen molar-refractivity contribution in [2.75, 3.05) is 18.8 Å². The van der Waals surface area contributed by atoms with Gasteiger partial charge in [0.15, 0.2) is 0 Å². The van der Waals surface area contributed by atoms with Crippen molar-refractivity contribution >= 4 is 23.6 Å². The number of nitrogens with one attached hydrogen (secondary N) is 1. The van der Waals surface area contributed by atoms with E-state index in [0.717, 1.165) is 16.9 Å². The summed E-state index contributed by atoms with van der Waals surface area (Å²) in [4.78, 5) is 28.3. The molecule has 2 aromatic carbocycles. The van der Waals surface area contributed by atoms with Crippen molar-refractivity contribution in [3.8, 4) is 0 Å². The highest BCUT2D eigenvalue weighted by Crippen LogP contribution is 2.18. The molecule has 150 valence electrons. The molecule has 0 aromatic heterocycles. The quantitative estimate of drug-likeness (QED) is 0.615. The van der Waals surface area contributed by atoms with Crippen molar-refractivity contribution in [1.82, 2.24) is 10.2 Å². The third-order valence-electron chi connectivity index (χ3n) is 4.44. The average Bonchev–Trinajstić information content (AvgIpc) is 2.72. The third kappa shape index (κ3) is 7.39. The maximum absolute atomic E-state index is 12.9. The number of thioether (sulfide) groups is 1. The van der Waals surface area contributed by atoms with E-state index in [1.165, 1.54) is 11.8 Å². The molecule has 2 aromatic rings. The lowest BCUT2D eigenvalue weighted by Crippen LogP contribution is -2.50. The molecule has 0 aliphatic rings. The SMILES string of the molecule is CC(C)CNC(=O)C(C)N(CCc1ccccc1)C(=O)CSc1ccccc1. The standard InChI is InChI=1S/C23H30N2O2S/c1-18(2)16-24-23(27)19(3)25(15-14-20-10-6-4-7-11-20)22(26)17-28-21-12-8-5-9-13-21/h4-13,18-19H,14-17H2,1-3H3,(H,24,27). The fraction of sp³-hybridized carbons (Fsp3) is 0.391. The van der Waals surface area contributed by atoms with E-state index < -0.39 is 6.04 Å². The summed E-state index contributed by atoms with van der Waals surface area (Å²) in [6.07, 6.45) is 0.727. The molecule has 2 rings (SSSR count). The van der Waals surface area contributed by atoms with Gasteiger partial charge in [-0.25, -0.2) is 0 Å². The molecule has 0 saturated carbocycles. The molecule has 5 heteroatoms. The van der Waals surface area contributed by atoms with E-state index in [1.807, 2.05) is 67.6 Å². The number of nitrogens with zero attached hydrogens (tertiary/aromatic N) is 1. The van der Waals surface area contributed by atoms with Crippen molar-refractivity contribution in [2.24, 2.45) is 5.92 Å². The first kappa shape index (κ1) is 22.0. The highest BCUT2D eigenvalue weighted by atomic mass is 32.2. The van der Waals surface area contributed by atoms with E-state index in [-0.39, 0.29) is 11.8 Å². The molecule has 1 N–H and O–H groups in total. The number of amides is 2. The maximum Gasteiger partial charge on any atom is 0.242 e. The van der Waals surface area contributed by atoms with Gasteiger partial charge in [-0.15, -0.1) is 11.8 Å². The summed E-state index contributed by atoms with van der Waals surface area (Å²) in [7, 11) is 0. The van der Waals surface area contributed by atoms with Gasteiger partial charge in [-0.3, -0.25) is 9.59 Å². The summed E-state index contributed by atoms with van der Waals surface area (Å²) >= 11 is 1.50. The molecule has 0 bridgehead atoms. The number of carbonyl (C=O) groups excluding carboxylic acids is 2. The minimum absolute atomic E-state index is 0.0167. The molecule has 0 aliphatic heterocycles. The van der Waals surface area contributed by atoms with Crippen molar-refractivity contribution < 1.29 is 9.59 Å². The Balaban J connectivity index is 2.03. The summed E-state index contributed by atoms with van der Waals surface area (Å²) in [5.74, 6) is 0.579. The van der Waals surface area contributed by atoms with Crippen molar-refractivity contribution in [3.05, 3.63) is 66.2 Å². The molecule has 1 unspecified atom stereocenters. The van der Waals surface area contributed by atoms with Crippen LogP contribution in [0.25, 0.3) is 0 Å². The maximum atomic E-state index is 12.9. The van der Waals surface area contributed by atoms with E-state index in [0.29, 0.717) is 24.8 Å². The van der Waals surface area contributed by atoms with Crippen molar-refractivity contribution in [2.45, 2.75) is 38.1 Å². The minimum Gasteiger partial charge on any atom is -0.354 e. The number of hydrogen-bond donors (Lipinski definition) is 1. The van der Waals surface area contributed by atoms with E-state index >= 15 is 0 Å². The number of rotatable bonds is 10. The largest absolute Gasteiger partial charge is 0.354 e. The zero-order chi connectivity index (χ0) is 20.4. The molecule has 28 heavy (non-hydrogen) atoms. The van der Waals surface area contributed by atoms with E-state index in [9.17, 15) is 9.59 Å². The van der Waals surface area contributed by atoms with Crippen LogP contribution in [-0.2, 0) is 16.0 Å². The number of carbonyl (C=O) groups is 2. The van der Waals surface area contributed by atoms with E-state index in [4.69, 9.17) is 0 Å². The first-order valence-electron chi connectivity index (χ1n) is 9.76. The fourth-order valence-corrected chi connectivity index (χ4v) is 3.57. The van der Waals surface area contributed by atoms with Gasteiger partial charge in [0.25, 0.3) is 0 Å². The second-order valence-electron chi connectivity index (χ2n) is 7.24. The van der Waals surface area contributed by atoms with Gasteiger partial charge in [-0.05, 0) is 37.0 Å². The summed E-state index contributed by atoms with van der Waals surface area (Å²) in [5, 5.41) is 2.95. The normalized spacial score (nSPS) is 11.9. The van der Waals surface area contributed by atoms with Crippen LogP contribution in [0.4, 0.5) is 0 Å². The molecule has 4 nitrogen and oxygen atoms in total. The molecule has 0 radical (unpaired) electrons. The minimum atomic E-state index is -0.494. The number of hydrogen-bond acceptors (Lipinski definition) is 3. The van der Waals surface area contributed by atoms with Gasteiger partial charge in [0.05, 0.1) is 5.75 Å². The lowest BCUT2D eigenvalue weighted by atomic mass is 10.1. The van der Waals surface area contributed by atoms with Gasteiger partial charge >= 0.3 is 0 Å². The Labute approximate surface area is 172 Å². The van der Waals surface area contributed by atoms with Crippen LogP contribution in [0.2, 0.25) is 0 Å². The van der Waals surface area contributed by atoms with Crippen LogP contribution in [0.5, 0.6) is 0 Å². The molecule has 0 heterocycles. The molecule has 0 fully saturated rings. The highest BCUT2D eigenvalue weighted by molar-refractivity contribution is 8.00. The van der Waals surface area contributed by atoms with Crippen LogP contribution in [-0.4, -0.2) is 41.6 Å². The Morgan fingerprint density at radius 3 is 2.18 bits per heavy atom. The van der Waals surface area contributed by atoms with Crippen LogP contribution in [0, 0.1) is 5.92 Å². The summed E-state index contributed by atoms with van der Waals surface area (Å²) in [6.45, 7) is 7.06. The average molecular weight is 399 g/mol. The van der Waals surface area contributed by atoms with Gasteiger partial charge in [-0.1, -0.05) is 62.4 Å². The first-order chi connectivity index (χ1) is 13.5. The molecule has 0 saturated heterocycles. The zero-order valence-corrected chi connectivity index (χ0v) is 17.7. The Morgan fingerprint density at radius 2 is 1.57 bits per heavy atom. The molecule has 2 amide bonds. The van der Waals surface area contributed by atoms with Crippen LogP contribution in [0.15, 0.2) is 65.6 Å². The van der Waals surface area contributed by atoms with Crippen LogP contribution < -0.4 is 5.32 Å². The topological polar surface area (TPSA) is 49.4 Å². The molecular formula is C23H30N2O2S. The zero-order valence-electron chi connectivity index (χ0n) is 16.9. The Morgan fingerprint density at radius 1 is 0.964 bits per heavy atom. The predicted octanol–water partition coefficient (Wildman–Crippen LogP) is 4.01. The molecular weight excluding hydrogens is 368 g/mol. The Bertz CT molecular complexity index is 735. The summed E-state index contributed by atoms with van der Waals surface area (Å²) < 4.78 is 0. The second kappa shape index (κ2) is 11.5. The smallest absolute Gasteiger partial charge is 0.242 e. The van der Waals surface area contributed by atoms with Gasteiger partial charge in [0.1, 0.15) is 6.04 Å². The lowest BCUT2D eigenvalue weighted by molar-refractivity contribution is -0.138. The summed E-state index contributed by atoms with van der Waals surface area (Å²) in [6, 6.07) is 19.4.